The van der Waals surface area contributed by atoms with Crippen LogP contribution in [0.4, 0.5) is 5.82 Å². The van der Waals surface area contributed by atoms with E-state index in [4.69, 9.17) is 0 Å². The fourth-order valence-corrected chi connectivity index (χ4v) is 4.55. The van der Waals surface area contributed by atoms with Crippen molar-refractivity contribution >= 4 is 32.2 Å². The van der Waals surface area contributed by atoms with Crippen LogP contribution in [0.15, 0.2) is 52.4 Å². The lowest BCUT2D eigenvalue weighted by Gasteiger charge is -2.10. The topological polar surface area (TPSA) is 89.2 Å². The largest absolute Gasteiger partial charge is 0.369 e. The zero-order chi connectivity index (χ0) is 20.6. The molecular weight excluding hydrogens is 386 g/mol. The predicted octanol–water partition coefficient (Wildman–Crippen LogP) is 3.94. The molecule has 4 rings (SSSR count). The van der Waals surface area contributed by atoms with Gasteiger partial charge in [0, 0.05) is 11.9 Å². The molecule has 0 unspecified atom stereocenters. The van der Waals surface area contributed by atoms with Gasteiger partial charge in [-0.05, 0) is 55.7 Å². The van der Waals surface area contributed by atoms with Crippen LogP contribution in [0.5, 0.6) is 0 Å². The Labute approximate surface area is 169 Å². The van der Waals surface area contributed by atoms with Gasteiger partial charge in [-0.3, -0.25) is 0 Å². The van der Waals surface area contributed by atoms with Gasteiger partial charge in [0.05, 0.1) is 10.4 Å². The fraction of sp³-hybridized carbons (Fsp3) is 0.286. The second-order valence-corrected chi connectivity index (χ2v) is 9.00. The molecule has 0 aliphatic carbocycles. The van der Waals surface area contributed by atoms with Crippen LogP contribution in [0.1, 0.15) is 30.9 Å². The Morgan fingerprint density at radius 2 is 1.86 bits per heavy atom. The van der Waals surface area contributed by atoms with E-state index < -0.39 is 9.84 Å². The van der Waals surface area contributed by atoms with Crippen molar-refractivity contribution in [3.63, 3.8) is 0 Å². The van der Waals surface area contributed by atoms with E-state index in [1.165, 1.54) is 4.52 Å². The fourth-order valence-electron chi connectivity index (χ4n) is 3.23. The maximum absolute atomic E-state index is 13.3. The molecule has 7 nitrogen and oxygen atoms in total. The first-order chi connectivity index (χ1) is 13.9. The number of nitrogens with zero attached hydrogens (tertiary/aromatic N) is 4. The van der Waals surface area contributed by atoms with Gasteiger partial charge in [-0.15, -0.1) is 5.10 Å². The number of aryl methyl sites for hydroxylation is 2. The highest BCUT2D eigenvalue weighted by atomic mass is 32.2. The van der Waals surface area contributed by atoms with Crippen molar-refractivity contribution < 1.29 is 8.42 Å². The van der Waals surface area contributed by atoms with Crippen LogP contribution in [-0.2, 0) is 9.84 Å². The highest BCUT2D eigenvalue weighted by molar-refractivity contribution is 7.91. The summed E-state index contributed by atoms with van der Waals surface area (Å²) in [6, 6.07) is 12.7. The zero-order valence-corrected chi connectivity index (χ0v) is 17.5. The van der Waals surface area contributed by atoms with Crippen molar-refractivity contribution in [2.45, 2.75) is 43.5 Å². The minimum atomic E-state index is -3.86. The standard InChI is InChI=1S/C21H23N5O2S/c1-4-5-12-22-19-17-8-6-7-9-18(17)26-20(23-19)21(24-25-26)29(27,28)16-11-10-14(2)15(3)13-16/h6-11,13H,4-5,12H2,1-3H3,(H,22,23). The number of nitrogens with one attached hydrogen (secondary N) is 1. The third-order valence-electron chi connectivity index (χ3n) is 5.09. The maximum atomic E-state index is 13.3. The van der Waals surface area contributed by atoms with Crippen LogP contribution in [0.2, 0.25) is 0 Å². The van der Waals surface area contributed by atoms with Gasteiger partial charge >= 0.3 is 0 Å². The van der Waals surface area contributed by atoms with E-state index in [1.807, 2.05) is 38.1 Å². The van der Waals surface area contributed by atoms with Gasteiger partial charge in [-0.25, -0.2) is 13.4 Å². The Hall–Kier alpha value is -3.00. The molecule has 2 aromatic carbocycles. The van der Waals surface area contributed by atoms with E-state index >= 15 is 0 Å². The molecule has 0 saturated heterocycles. The third kappa shape index (κ3) is 3.33. The van der Waals surface area contributed by atoms with E-state index in [0.717, 1.165) is 41.4 Å². The number of hydrogen-bond acceptors (Lipinski definition) is 6. The molecule has 0 amide bonds. The lowest BCUT2D eigenvalue weighted by molar-refractivity contribution is 0.592. The van der Waals surface area contributed by atoms with Gasteiger partial charge in [-0.1, -0.05) is 36.8 Å². The molecule has 4 aromatic rings. The number of anilines is 1. The van der Waals surface area contributed by atoms with Crippen LogP contribution >= 0.6 is 0 Å². The summed E-state index contributed by atoms with van der Waals surface area (Å²) in [4.78, 5) is 4.81. The predicted molar refractivity (Wildman–Crippen MR) is 113 cm³/mol. The molecule has 0 fully saturated rings. The van der Waals surface area contributed by atoms with Crippen LogP contribution in [-0.4, -0.2) is 34.8 Å². The summed E-state index contributed by atoms with van der Waals surface area (Å²) in [5.74, 6) is 0.639. The van der Waals surface area contributed by atoms with Gasteiger partial charge in [0.15, 0.2) is 5.65 Å². The smallest absolute Gasteiger partial charge is 0.229 e. The monoisotopic (exact) mass is 409 g/mol. The van der Waals surface area contributed by atoms with Crippen LogP contribution in [0, 0.1) is 13.8 Å². The summed E-state index contributed by atoms with van der Waals surface area (Å²) < 4.78 is 28.1. The molecule has 0 radical (unpaired) electrons. The third-order valence-corrected chi connectivity index (χ3v) is 6.74. The molecule has 2 heterocycles. The highest BCUT2D eigenvalue weighted by Crippen LogP contribution is 2.28. The molecule has 0 saturated carbocycles. The molecule has 0 aliphatic heterocycles. The Morgan fingerprint density at radius 3 is 2.62 bits per heavy atom. The number of sulfone groups is 1. The number of rotatable bonds is 6. The molecule has 8 heteroatoms. The molecule has 0 bridgehead atoms. The number of unbranched alkanes of at least 4 members (excludes halogenated alkanes) is 1. The van der Waals surface area contributed by atoms with Crippen molar-refractivity contribution in [3.8, 4) is 0 Å². The Balaban J connectivity index is 1.93. The molecular formula is C21H23N5O2S. The molecule has 1 N–H and O–H groups in total. The average molecular weight is 410 g/mol. The second kappa shape index (κ2) is 7.44. The summed E-state index contributed by atoms with van der Waals surface area (Å²) in [6.45, 7) is 6.71. The summed E-state index contributed by atoms with van der Waals surface area (Å²) in [7, 11) is -3.86. The SMILES string of the molecule is CCCCNc1nc2c(S(=O)(=O)c3ccc(C)c(C)c3)nnn2c2ccccc12. The van der Waals surface area contributed by atoms with E-state index in [2.05, 4.69) is 27.5 Å². The minimum Gasteiger partial charge on any atom is -0.369 e. The lowest BCUT2D eigenvalue weighted by atomic mass is 10.1. The van der Waals surface area contributed by atoms with E-state index in [9.17, 15) is 8.42 Å². The number of aromatic nitrogens is 4. The van der Waals surface area contributed by atoms with Crippen molar-refractivity contribution in [2.75, 3.05) is 11.9 Å². The number of hydrogen-bond donors (Lipinski definition) is 1. The van der Waals surface area contributed by atoms with Crippen LogP contribution in [0.25, 0.3) is 16.6 Å². The first-order valence-corrected chi connectivity index (χ1v) is 11.1. The summed E-state index contributed by atoms with van der Waals surface area (Å²) in [6.07, 6.45) is 2.04. The summed E-state index contributed by atoms with van der Waals surface area (Å²) in [5.41, 5.74) is 2.91. The Kier molecular flexibility index (Phi) is 4.96. The normalized spacial score (nSPS) is 12.0. The van der Waals surface area contributed by atoms with Gasteiger partial charge in [0.2, 0.25) is 14.9 Å². The quantitative estimate of drug-likeness (QED) is 0.485. The highest BCUT2D eigenvalue weighted by Gasteiger charge is 2.27. The van der Waals surface area contributed by atoms with Crippen LogP contribution < -0.4 is 5.32 Å². The van der Waals surface area contributed by atoms with Crippen LogP contribution in [0.3, 0.4) is 0 Å². The molecule has 0 spiro atoms. The lowest BCUT2D eigenvalue weighted by Crippen LogP contribution is -2.08. The summed E-state index contributed by atoms with van der Waals surface area (Å²) >= 11 is 0. The average Bonchev–Trinajstić information content (AvgIpc) is 3.15. The molecule has 0 atom stereocenters. The van der Waals surface area contributed by atoms with E-state index in [-0.39, 0.29) is 15.6 Å². The number of fused-ring (bicyclic) bond motifs is 3. The molecule has 150 valence electrons. The van der Waals surface area contributed by atoms with Crippen molar-refractivity contribution in [2.24, 2.45) is 0 Å². The van der Waals surface area contributed by atoms with Gasteiger partial charge in [0.1, 0.15) is 5.82 Å². The zero-order valence-electron chi connectivity index (χ0n) is 16.7. The number of benzene rings is 2. The number of para-hydroxylation sites is 1. The van der Waals surface area contributed by atoms with Gasteiger partial charge in [0.25, 0.3) is 0 Å². The van der Waals surface area contributed by atoms with Gasteiger partial charge < -0.3 is 5.32 Å². The Morgan fingerprint density at radius 1 is 1.07 bits per heavy atom. The first-order valence-electron chi connectivity index (χ1n) is 9.64. The van der Waals surface area contributed by atoms with Gasteiger partial charge in [-0.2, -0.15) is 4.52 Å². The van der Waals surface area contributed by atoms with E-state index in [0.29, 0.717) is 5.82 Å². The molecule has 0 aliphatic rings. The molecule has 2 aromatic heterocycles. The minimum absolute atomic E-state index is 0.134. The molecule has 29 heavy (non-hydrogen) atoms. The second-order valence-electron chi connectivity index (χ2n) is 7.14. The van der Waals surface area contributed by atoms with E-state index in [1.54, 1.807) is 18.2 Å². The Bertz CT molecular complexity index is 1310. The van der Waals surface area contributed by atoms with Crippen molar-refractivity contribution in [1.29, 1.82) is 0 Å². The van der Waals surface area contributed by atoms with Crippen molar-refractivity contribution in [1.82, 2.24) is 19.8 Å². The maximum Gasteiger partial charge on any atom is 0.229 e. The first kappa shape index (κ1) is 19.3. The summed E-state index contributed by atoms with van der Waals surface area (Å²) in [5, 5.41) is 12.2. The van der Waals surface area contributed by atoms with Crippen molar-refractivity contribution in [3.05, 3.63) is 53.6 Å².